The molecule has 0 amide bonds. The van der Waals surface area contributed by atoms with E-state index >= 15 is 0 Å². The maximum atomic E-state index is 12.1. The lowest BCUT2D eigenvalue weighted by molar-refractivity contribution is -0.462. The van der Waals surface area contributed by atoms with Gasteiger partial charge in [0.25, 0.3) is 5.79 Å². The van der Waals surface area contributed by atoms with E-state index in [0.29, 0.717) is 5.56 Å². The Balaban J connectivity index is 2.69. The number of methoxy groups -OCH3 is 3. The van der Waals surface area contributed by atoms with E-state index in [1.54, 1.807) is 37.3 Å². The largest absolute Gasteiger partial charge is 0.465 e. The molecule has 0 bridgehead atoms. The lowest BCUT2D eigenvalue weighted by Gasteiger charge is -2.32. The van der Waals surface area contributed by atoms with Crippen LogP contribution in [0.15, 0.2) is 41.5 Å². The summed E-state index contributed by atoms with van der Waals surface area (Å²) in [5.41, 5.74) is 0.696. The van der Waals surface area contributed by atoms with Gasteiger partial charge in [-0.05, 0) is 6.92 Å². The van der Waals surface area contributed by atoms with Crippen LogP contribution in [0.25, 0.3) is 0 Å². The predicted molar refractivity (Wildman–Crippen MR) is 74.4 cm³/mol. The molecule has 0 spiro atoms. The zero-order valence-corrected chi connectivity index (χ0v) is 12.8. The van der Waals surface area contributed by atoms with Crippen molar-refractivity contribution in [2.75, 3.05) is 21.3 Å². The van der Waals surface area contributed by atoms with Crippen LogP contribution in [0.3, 0.4) is 0 Å². The van der Waals surface area contributed by atoms with Gasteiger partial charge in [-0.3, -0.25) is 4.74 Å². The molecule has 1 aliphatic heterocycles. The van der Waals surface area contributed by atoms with Crippen molar-refractivity contribution in [1.29, 1.82) is 0 Å². The zero-order chi connectivity index (χ0) is 16.4. The molecule has 0 aliphatic carbocycles. The second-order valence-electron chi connectivity index (χ2n) is 4.63. The van der Waals surface area contributed by atoms with Crippen molar-refractivity contribution < 1.29 is 33.9 Å². The quantitative estimate of drug-likeness (QED) is 0.384. The van der Waals surface area contributed by atoms with Gasteiger partial charge in [-0.2, -0.15) is 4.89 Å². The van der Waals surface area contributed by atoms with Gasteiger partial charge < -0.3 is 14.2 Å². The summed E-state index contributed by atoms with van der Waals surface area (Å²) >= 11 is 0. The highest BCUT2D eigenvalue weighted by Crippen LogP contribution is 2.49. The van der Waals surface area contributed by atoms with Crippen LogP contribution in [0.1, 0.15) is 12.5 Å². The molecule has 120 valence electrons. The van der Waals surface area contributed by atoms with Crippen molar-refractivity contribution in [2.45, 2.75) is 18.7 Å². The van der Waals surface area contributed by atoms with Crippen LogP contribution in [0.4, 0.5) is 0 Å². The van der Waals surface area contributed by atoms with Crippen molar-refractivity contribution in [3.8, 4) is 0 Å². The first-order chi connectivity index (χ1) is 10.5. The first-order valence-electron chi connectivity index (χ1n) is 6.50. The Morgan fingerprint density at radius 2 is 1.73 bits per heavy atom. The number of hydrogen-bond donors (Lipinski definition) is 1. The summed E-state index contributed by atoms with van der Waals surface area (Å²) in [6, 6.07) is 8.63. The number of carbonyl (C=O) groups excluding carboxylic acids is 1. The van der Waals surface area contributed by atoms with E-state index in [4.69, 9.17) is 18.9 Å². The highest BCUT2D eigenvalue weighted by molar-refractivity contribution is 5.91. The van der Waals surface area contributed by atoms with Crippen LogP contribution < -0.4 is 0 Å². The first kappa shape index (κ1) is 16.6. The third-order valence-corrected chi connectivity index (χ3v) is 3.66. The molecule has 1 aromatic rings. The van der Waals surface area contributed by atoms with Crippen molar-refractivity contribution in [2.24, 2.45) is 0 Å². The Morgan fingerprint density at radius 3 is 2.18 bits per heavy atom. The molecule has 1 aliphatic rings. The highest BCUT2D eigenvalue weighted by Gasteiger charge is 2.60. The van der Waals surface area contributed by atoms with Gasteiger partial charge in [-0.15, -0.1) is 0 Å². The number of esters is 1. The van der Waals surface area contributed by atoms with E-state index in [1.165, 1.54) is 21.3 Å². The molecule has 1 unspecified atom stereocenters. The first-order valence-corrected chi connectivity index (χ1v) is 6.50. The number of benzene rings is 1. The number of carbonyl (C=O) groups is 1. The Bertz CT molecular complexity index is 577. The summed E-state index contributed by atoms with van der Waals surface area (Å²) in [6.45, 7) is 1.56. The van der Waals surface area contributed by atoms with Crippen LogP contribution in [0, 0.1) is 0 Å². The van der Waals surface area contributed by atoms with Crippen LogP contribution in [0.2, 0.25) is 0 Å². The maximum absolute atomic E-state index is 12.1. The van der Waals surface area contributed by atoms with Gasteiger partial charge >= 0.3 is 11.9 Å². The molecule has 7 heteroatoms. The molecule has 0 saturated heterocycles. The molecular weight excluding hydrogens is 292 g/mol. The molecule has 7 nitrogen and oxygen atoms in total. The normalized spacial score (nSPS) is 23.7. The summed E-state index contributed by atoms with van der Waals surface area (Å²) in [7, 11) is 3.83. The highest BCUT2D eigenvalue weighted by atomic mass is 17.2. The summed E-state index contributed by atoms with van der Waals surface area (Å²) in [4.78, 5) is 16.8. The fourth-order valence-corrected chi connectivity index (χ4v) is 2.53. The van der Waals surface area contributed by atoms with E-state index < -0.39 is 17.7 Å². The standard InChI is InChI=1S/C15H18O7/c1-10-12(13(16)18-2)15(19-3,20-4)21-14(10,22-17)11-8-6-5-7-9-11/h5-9,17H,1-4H3. The minimum absolute atomic E-state index is 0.0297. The summed E-state index contributed by atoms with van der Waals surface area (Å²) in [6.07, 6.45) is 0. The SMILES string of the molecule is COC(=O)C1=C(C)C(OO)(c2ccccc2)OC1(OC)OC. The molecule has 0 fully saturated rings. The summed E-state index contributed by atoms with van der Waals surface area (Å²) < 4.78 is 21.0. The van der Waals surface area contributed by atoms with Gasteiger partial charge in [0.1, 0.15) is 5.57 Å². The van der Waals surface area contributed by atoms with Crippen LogP contribution in [-0.2, 0) is 34.4 Å². The fraction of sp³-hybridized carbons (Fsp3) is 0.400. The number of ether oxygens (including phenoxy) is 4. The Hall–Kier alpha value is -1.77. The molecule has 1 aromatic carbocycles. The lowest BCUT2D eigenvalue weighted by Crippen LogP contribution is -2.43. The molecule has 2 rings (SSSR count). The fourth-order valence-electron chi connectivity index (χ4n) is 2.53. The van der Waals surface area contributed by atoms with Crippen LogP contribution in [-0.4, -0.2) is 38.5 Å². The minimum atomic E-state index is -1.85. The number of rotatable bonds is 5. The van der Waals surface area contributed by atoms with E-state index in [0.717, 1.165) is 0 Å². The molecule has 1 N–H and O–H groups in total. The van der Waals surface area contributed by atoms with Gasteiger partial charge in [0.15, 0.2) is 0 Å². The van der Waals surface area contributed by atoms with Crippen molar-refractivity contribution in [1.82, 2.24) is 0 Å². The van der Waals surface area contributed by atoms with Gasteiger partial charge in [-0.1, -0.05) is 30.3 Å². The average Bonchev–Trinajstić information content (AvgIpc) is 2.85. The average molecular weight is 310 g/mol. The molecule has 22 heavy (non-hydrogen) atoms. The van der Waals surface area contributed by atoms with Gasteiger partial charge in [0.05, 0.1) is 7.11 Å². The van der Waals surface area contributed by atoms with E-state index in [1.807, 2.05) is 0 Å². The second-order valence-corrected chi connectivity index (χ2v) is 4.63. The second kappa shape index (κ2) is 6.15. The Labute approximate surface area is 127 Å². The van der Waals surface area contributed by atoms with Crippen molar-refractivity contribution in [3.63, 3.8) is 0 Å². The summed E-state index contributed by atoms with van der Waals surface area (Å²) in [5.74, 6) is -4.30. The molecule has 0 radical (unpaired) electrons. The smallest absolute Gasteiger partial charge is 0.342 e. The third kappa shape index (κ3) is 2.23. The predicted octanol–water partition coefficient (Wildman–Crippen LogP) is 1.80. The molecule has 1 atom stereocenters. The van der Waals surface area contributed by atoms with E-state index in [2.05, 4.69) is 4.89 Å². The van der Waals surface area contributed by atoms with Gasteiger partial charge in [0.2, 0.25) is 0 Å². The Kier molecular flexibility index (Phi) is 4.64. The maximum Gasteiger partial charge on any atom is 0.342 e. The van der Waals surface area contributed by atoms with Crippen LogP contribution >= 0.6 is 0 Å². The number of hydrogen-bond acceptors (Lipinski definition) is 7. The van der Waals surface area contributed by atoms with Gasteiger partial charge in [0, 0.05) is 25.4 Å². The minimum Gasteiger partial charge on any atom is -0.465 e. The van der Waals surface area contributed by atoms with Crippen molar-refractivity contribution in [3.05, 3.63) is 47.0 Å². The third-order valence-electron chi connectivity index (χ3n) is 3.66. The molecule has 0 saturated carbocycles. The van der Waals surface area contributed by atoms with Crippen molar-refractivity contribution >= 4 is 5.97 Å². The molecule has 0 aromatic heterocycles. The van der Waals surface area contributed by atoms with Crippen LogP contribution in [0.5, 0.6) is 0 Å². The summed E-state index contributed by atoms with van der Waals surface area (Å²) in [5, 5.41) is 9.51. The van der Waals surface area contributed by atoms with Gasteiger partial charge in [-0.25, -0.2) is 10.1 Å². The Morgan fingerprint density at radius 1 is 1.14 bits per heavy atom. The monoisotopic (exact) mass is 310 g/mol. The lowest BCUT2D eigenvalue weighted by atomic mass is 9.96. The zero-order valence-electron chi connectivity index (χ0n) is 12.8. The van der Waals surface area contributed by atoms with E-state index in [-0.39, 0.29) is 11.1 Å². The van der Waals surface area contributed by atoms with E-state index in [9.17, 15) is 10.1 Å². The molecule has 1 heterocycles. The molecular formula is C15H18O7. The topological polar surface area (TPSA) is 83.5 Å².